The third-order valence-corrected chi connectivity index (χ3v) is 4.05. The maximum absolute atomic E-state index is 13.7. The first-order valence-corrected chi connectivity index (χ1v) is 8.72. The molecule has 2 aromatic carbocycles. The number of pyridine rings is 1. The van der Waals surface area contributed by atoms with Gasteiger partial charge in [0.25, 0.3) is 0 Å². The van der Waals surface area contributed by atoms with Crippen LogP contribution in [0, 0.1) is 17.5 Å². The van der Waals surface area contributed by atoms with Crippen molar-refractivity contribution < 1.29 is 22.7 Å². The van der Waals surface area contributed by atoms with Crippen molar-refractivity contribution in [2.75, 3.05) is 7.05 Å². The summed E-state index contributed by atoms with van der Waals surface area (Å²) in [6.45, 7) is 0.208. The second-order valence-corrected chi connectivity index (χ2v) is 6.31. The van der Waals surface area contributed by atoms with Gasteiger partial charge in [-0.1, -0.05) is 12.1 Å². The number of halogens is 3. The number of nitrogens with one attached hydrogen (secondary N) is 1. The molecule has 8 heteroatoms. The zero-order valence-electron chi connectivity index (χ0n) is 15.5. The summed E-state index contributed by atoms with van der Waals surface area (Å²) in [6, 6.07) is 11.7. The fraction of sp³-hybridized carbons (Fsp3) is 0.143. The second kappa shape index (κ2) is 9.09. The highest BCUT2D eigenvalue weighted by Gasteiger charge is 2.12. The molecule has 0 bridgehead atoms. The molecule has 0 spiro atoms. The van der Waals surface area contributed by atoms with Crippen LogP contribution in [0.4, 0.5) is 18.0 Å². The lowest BCUT2D eigenvalue weighted by atomic mass is 10.2. The maximum atomic E-state index is 13.7. The fourth-order valence-corrected chi connectivity index (χ4v) is 2.49. The number of hydrogen-bond acceptors (Lipinski definition) is 3. The van der Waals surface area contributed by atoms with Crippen LogP contribution >= 0.6 is 0 Å². The number of rotatable bonds is 6. The van der Waals surface area contributed by atoms with Crippen LogP contribution in [-0.4, -0.2) is 23.0 Å². The standard InChI is InChI=1S/C21H18F3N3O2/c1-27(13-15-3-4-17(23)10-19(15)24)21(28)26-12-14-2-9-20(25-11-14)29-18-7-5-16(22)6-8-18/h2-11H,12-13H2,1H3,(H,26,28). The van der Waals surface area contributed by atoms with Gasteiger partial charge in [0.05, 0.1) is 0 Å². The second-order valence-electron chi connectivity index (χ2n) is 6.31. The van der Waals surface area contributed by atoms with Crippen molar-refractivity contribution in [2.24, 2.45) is 0 Å². The van der Waals surface area contributed by atoms with Crippen molar-refractivity contribution in [2.45, 2.75) is 13.1 Å². The van der Waals surface area contributed by atoms with E-state index >= 15 is 0 Å². The van der Waals surface area contributed by atoms with Crippen LogP contribution in [0.3, 0.4) is 0 Å². The molecule has 1 N–H and O–H groups in total. The van der Waals surface area contributed by atoms with E-state index in [1.807, 2.05) is 0 Å². The van der Waals surface area contributed by atoms with E-state index in [1.54, 1.807) is 18.3 Å². The summed E-state index contributed by atoms with van der Waals surface area (Å²) in [5.74, 6) is -0.947. The Morgan fingerprint density at radius 2 is 1.76 bits per heavy atom. The number of amides is 2. The maximum Gasteiger partial charge on any atom is 0.317 e. The van der Waals surface area contributed by atoms with E-state index in [4.69, 9.17) is 4.74 Å². The average molecular weight is 401 g/mol. The minimum Gasteiger partial charge on any atom is -0.439 e. The van der Waals surface area contributed by atoms with E-state index in [-0.39, 0.29) is 24.5 Å². The van der Waals surface area contributed by atoms with E-state index in [0.717, 1.165) is 17.7 Å². The van der Waals surface area contributed by atoms with Gasteiger partial charge in [-0.25, -0.2) is 22.9 Å². The van der Waals surface area contributed by atoms with Gasteiger partial charge < -0.3 is 15.0 Å². The molecule has 1 aromatic heterocycles. The van der Waals surface area contributed by atoms with Crippen molar-refractivity contribution in [1.29, 1.82) is 0 Å². The average Bonchev–Trinajstić information content (AvgIpc) is 2.71. The predicted molar refractivity (Wildman–Crippen MR) is 101 cm³/mol. The first-order valence-electron chi connectivity index (χ1n) is 8.72. The Labute approximate surface area is 165 Å². The zero-order valence-corrected chi connectivity index (χ0v) is 15.5. The molecule has 0 saturated carbocycles. The van der Waals surface area contributed by atoms with Crippen LogP contribution in [0.15, 0.2) is 60.8 Å². The van der Waals surface area contributed by atoms with Crippen molar-refractivity contribution in [3.8, 4) is 11.6 Å². The minimum atomic E-state index is -0.703. The molecule has 0 aliphatic heterocycles. The number of hydrogen-bond donors (Lipinski definition) is 1. The number of aromatic nitrogens is 1. The summed E-state index contributed by atoms with van der Waals surface area (Å²) < 4.78 is 45.1. The lowest BCUT2D eigenvalue weighted by Gasteiger charge is -2.18. The van der Waals surface area contributed by atoms with E-state index in [0.29, 0.717) is 11.6 Å². The van der Waals surface area contributed by atoms with E-state index in [9.17, 15) is 18.0 Å². The van der Waals surface area contributed by atoms with Gasteiger partial charge in [0.1, 0.15) is 23.2 Å². The molecule has 3 rings (SSSR count). The van der Waals surface area contributed by atoms with E-state index in [1.165, 1.54) is 42.3 Å². The molecule has 5 nitrogen and oxygen atoms in total. The van der Waals surface area contributed by atoms with Gasteiger partial charge in [-0.2, -0.15) is 0 Å². The Morgan fingerprint density at radius 1 is 1.03 bits per heavy atom. The Kier molecular flexibility index (Phi) is 6.33. The molecule has 150 valence electrons. The van der Waals surface area contributed by atoms with Gasteiger partial charge in [-0.3, -0.25) is 0 Å². The molecule has 0 fully saturated rings. The number of carbonyl (C=O) groups excluding carboxylic acids is 1. The Hall–Kier alpha value is -3.55. The molecule has 0 aliphatic rings. The highest BCUT2D eigenvalue weighted by Crippen LogP contribution is 2.19. The zero-order chi connectivity index (χ0) is 20.8. The number of carbonyl (C=O) groups is 1. The van der Waals surface area contributed by atoms with Crippen LogP contribution in [-0.2, 0) is 13.1 Å². The molecule has 0 saturated heterocycles. The van der Waals surface area contributed by atoms with Gasteiger partial charge in [0.15, 0.2) is 0 Å². The summed E-state index contributed by atoms with van der Waals surface area (Å²) >= 11 is 0. The third-order valence-electron chi connectivity index (χ3n) is 4.05. The fourth-order valence-electron chi connectivity index (χ4n) is 2.49. The summed E-state index contributed by atoms with van der Waals surface area (Å²) in [5.41, 5.74) is 0.944. The molecule has 1 heterocycles. The lowest BCUT2D eigenvalue weighted by molar-refractivity contribution is 0.206. The van der Waals surface area contributed by atoms with Crippen LogP contribution < -0.4 is 10.1 Å². The van der Waals surface area contributed by atoms with Crippen LogP contribution in [0.1, 0.15) is 11.1 Å². The van der Waals surface area contributed by atoms with Gasteiger partial charge >= 0.3 is 6.03 Å². The van der Waals surface area contributed by atoms with E-state index < -0.39 is 17.7 Å². The molecule has 0 unspecified atom stereocenters. The molecule has 29 heavy (non-hydrogen) atoms. The SMILES string of the molecule is CN(Cc1ccc(F)cc1F)C(=O)NCc1ccc(Oc2ccc(F)cc2)nc1. The lowest BCUT2D eigenvalue weighted by Crippen LogP contribution is -2.36. The molecular formula is C21H18F3N3O2. The Bertz CT molecular complexity index is 979. The third kappa shape index (κ3) is 5.71. The van der Waals surface area contributed by atoms with Crippen LogP contribution in [0.25, 0.3) is 0 Å². The van der Waals surface area contributed by atoms with Crippen LogP contribution in [0.5, 0.6) is 11.6 Å². The number of ether oxygens (including phenoxy) is 1. The smallest absolute Gasteiger partial charge is 0.317 e. The van der Waals surface area contributed by atoms with Gasteiger partial charge in [0, 0.05) is 44.0 Å². The molecule has 0 atom stereocenters. The number of benzene rings is 2. The quantitative estimate of drug-likeness (QED) is 0.655. The highest BCUT2D eigenvalue weighted by atomic mass is 19.1. The summed E-state index contributed by atoms with van der Waals surface area (Å²) in [7, 11) is 1.51. The summed E-state index contributed by atoms with van der Waals surface area (Å²) in [4.78, 5) is 17.6. The van der Waals surface area contributed by atoms with E-state index in [2.05, 4.69) is 10.3 Å². The molecule has 2 amide bonds. The van der Waals surface area contributed by atoms with Crippen molar-refractivity contribution in [3.63, 3.8) is 0 Å². The highest BCUT2D eigenvalue weighted by molar-refractivity contribution is 5.73. The first kappa shape index (κ1) is 20.2. The predicted octanol–water partition coefficient (Wildman–Crippen LogP) is 4.63. The molecule has 0 radical (unpaired) electrons. The summed E-state index contributed by atoms with van der Waals surface area (Å²) in [5, 5.41) is 2.69. The normalized spacial score (nSPS) is 10.5. The van der Waals surface area contributed by atoms with Crippen molar-refractivity contribution >= 4 is 6.03 Å². The monoisotopic (exact) mass is 401 g/mol. The number of urea groups is 1. The van der Waals surface area contributed by atoms with Gasteiger partial charge in [0.2, 0.25) is 5.88 Å². The summed E-state index contributed by atoms with van der Waals surface area (Å²) in [6.07, 6.45) is 1.54. The first-order chi connectivity index (χ1) is 13.9. The van der Waals surface area contributed by atoms with Crippen molar-refractivity contribution in [1.82, 2.24) is 15.2 Å². The van der Waals surface area contributed by atoms with Gasteiger partial charge in [-0.05, 0) is 35.9 Å². The van der Waals surface area contributed by atoms with Crippen molar-refractivity contribution in [3.05, 3.63) is 89.4 Å². The Balaban J connectivity index is 1.51. The van der Waals surface area contributed by atoms with Crippen LogP contribution in [0.2, 0.25) is 0 Å². The number of nitrogens with zero attached hydrogens (tertiary/aromatic N) is 2. The minimum absolute atomic E-state index is 0.000639. The molecule has 3 aromatic rings. The molecule has 0 aliphatic carbocycles. The molecular weight excluding hydrogens is 383 g/mol. The Morgan fingerprint density at radius 3 is 2.41 bits per heavy atom. The largest absolute Gasteiger partial charge is 0.439 e. The van der Waals surface area contributed by atoms with Gasteiger partial charge in [-0.15, -0.1) is 0 Å². The topological polar surface area (TPSA) is 54.5 Å².